The summed E-state index contributed by atoms with van der Waals surface area (Å²) in [5, 5.41) is 3.00. The number of hydrogen-bond donors (Lipinski definition) is 1. The Hall–Kier alpha value is -1.36. The molecule has 0 saturated heterocycles. The molecule has 0 aliphatic heterocycles. The Morgan fingerprint density at radius 3 is 2.94 bits per heavy atom. The highest BCUT2D eigenvalue weighted by molar-refractivity contribution is 5.30. The third-order valence-corrected chi connectivity index (χ3v) is 2.26. The maximum absolute atomic E-state index is 11.8. The van der Waals surface area contributed by atoms with Crippen molar-refractivity contribution in [2.45, 2.75) is 33.4 Å². The summed E-state index contributed by atoms with van der Waals surface area (Å²) >= 11 is 0. The summed E-state index contributed by atoms with van der Waals surface area (Å²) in [7, 11) is 0. The minimum absolute atomic E-state index is 0.0708. The van der Waals surface area contributed by atoms with Crippen molar-refractivity contribution in [1.82, 2.24) is 9.55 Å². The molecule has 0 radical (unpaired) electrons. The lowest BCUT2D eigenvalue weighted by Gasteiger charge is -2.13. The molecule has 1 heterocycles. The third kappa shape index (κ3) is 3.34. The minimum Gasteiger partial charge on any atom is -0.377 e. The van der Waals surface area contributed by atoms with Gasteiger partial charge in [-0.15, -0.1) is 0 Å². The maximum Gasteiger partial charge on any atom is 0.293 e. The van der Waals surface area contributed by atoms with Gasteiger partial charge in [-0.25, -0.2) is 4.98 Å². The molecule has 0 bridgehead atoms. The highest BCUT2D eigenvalue weighted by atomic mass is 16.5. The van der Waals surface area contributed by atoms with E-state index in [1.807, 2.05) is 20.8 Å². The molecule has 1 aromatic rings. The van der Waals surface area contributed by atoms with Crippen LogP contribution in [0.2, 0.25) is 0 Å². The standard InChI is InChI=1S/C11H19N3O2/c1-4-14-7-6-12-10(11(14)15)13-8-9(3)16-5-2/h6-7,9H,4-5,8H2,1-3H3,(H,12,13). The second kappa shape index (κ2) is 6.27. The second-order valence-electron chi connectivity index (χ2n) is 3.51. The van der Waals surface area contributed by atoms with Gasteiger partial charge in [-0.1, -0.05) is 0 Å². The van der Waals surface area contributed by atoms with Crippen LogP contribution in [0.4, 0.5) is 5.82 Å². The van der Waals surface area contributed by atoms with E-state index in [1.54, 1.807) is 17.0 Å². The van der Waals surface area contributed by atoms with E-state index < -0.39 is 0 Å². The average Bonchev–Trinajstić information content (AvgIpc) is 2.28. The van der Waals surface area contributed by atoms with E-state index in [9.17, 15) is 4.79 Å². The minimum atomic E-state index is -0.0892. The van der Waals surface area contributed by atoms with E-state index in [0.717, 1.165) is 0 Å². The predicted molar refractivity (Wildman–Crippen MR) is 63.7 cm³/mol. The Balaban J connectivity index is 2.64. The van der Waals surface area contributed by atoms with Gasteiger partial charge in [0, 0.05) is 32.1 Å². The summed E-state index contributed by atoms with van der Waals surface area (Å²) in [4.78, 5) is 15.8. The number of aromatic nitrogens is 2. The number of hydrogen-bond acceptors (Lipinski definition) is 4. The van der Waals surface area contributed by atoms with Crippen molar-refractivity contribution >= 4 is 5.82 Å². The molecule has 0 fully saturated rings. The number of aryl methyl sites for hydroxylation is 1. The molecule has 1 unspecified atom stereocenters. The molecule has 0 aromatic carbocycles. The summed E-state index contributed by atoms with van der Waals surface area (Å²) < 4.78 is 6.97. The van der Waals surface area contributed by atoms with Gasteiger partial charge < -0.3 is 14.6 Å². The summed E-state index contributed by atoms with van der Waals surface area (Å²) in [5.74, 6) is 0.385. The fraction of sp³-hybridized carbons (Fsp3) is 0.636. The van der Waals surface area contributed by atoms with E-state index in [2.05, 4.69) is 10.3 Å². The summed E-state index contributed by atoms with van der Waals surface area (Å²) in [6, 6.07) is 0. The predicted octanol–water partition coefficient (Wildman–Crippen LogP) is 1.10. The number of anilines is 1. The van der Waals surface area contributed by atoms with Crippen LogP contribution in [0.25, 0.3) is 0 Å². The number of nitrogens with zero attached hydrogens (tertiary/aromatic N) is 2. The molecule has 0 spiro atoms. The van der Waals surface area contributed by atoms with E-state index in [4.69, 9.17) is 4.74 Å². The molecule has 16 heavy (non-hydrogen) atoms. The lowest BCUT2D eigenvalue weighted by Crippen LogP contribution is -2.27. The summed E-state index contributed by atoms with van der Waals surface area (Å²) in [5.41, 5.74) is -0.0892. The maximum atomic E-state index is 11.8. The first-order valence-corrected chi connectivity index (χ1v) is 5.60. The Labute approximate surface area is 95.5 Å². The van der Waals surface area contributed by atoms with Crippen LogP contribution < -0.4 is 10.9 Å². The molecule has 0 amide bonds. The van der Waals surface area contributed by atoms with Gasteiger partial charge in [-0.3, -0.25) is 4.79 Å². The average molecular weight is 225 g/mol. The van der Waals surface area contributed by atoms with Crippen LogP contribution in [0.5, 0.6) is 0 Å². The molecule has 90 valence electrons. The molecule has 0 aliphatic rings. The van der Waals surface area contributed by atoms with Gasteiger partial charge in [-0.05, 0) is 20.8 Å². The first-order valence-electron chi connectivity index (χ1n) is 5.60. The molecular weight excluding hydrogens is 206 g/mol. The van der Waals surface area contributed by atoms with Gasteiger partial charge >= 0.3 is 0 Å². The van der Waals surface area contributed by atoms with Gasteiger partial charge in [0.1, 0.15) is 0 Å². The van der Waals surface area contributed by atoms with Crippen LogP contribution in [0, 0.1) is 0 Å². The Morgan fingerprint density at radius 2 is 2.31 bits per heavy atom. The van der Waals surface area contributed by atoms with Gasteiger partial charge in [0.25, 0.3) is 5.56 Å². The Bertz CT molecular complexity index is 376. The van der Waals surface area contributed by atoms with E-state index in [0.29, 0.717) is 25.5 Å². The van der Waals surface area contributed by atoms with Crippen LogP contribution in [0.1, 0.15) is 20.8 Å². The van der Waals surface area contributed by atoms with E-state index in [1.165, 1.54) is 0 Å². The highest BCUT2D eigenvalue weighted by Crippen LogP contribution is 1.96. The zero-order valence-corrected chi connectivity index (χ0v) is 10.1. The van der Waals surface area contributed by atoms with Gasteiger partial charge in [0.05, 0.1) is 6.10 Å². The van der Waals surface area contributed by atoms with Crippen LogP contribution in [-0.4, -0.2) is 28.8 Å². The van der Waals surface area contributed by atoms with Gasteiger partial charge in [0.2, 0.25) is 0 Å². The van der Waals surface area contributed by atoms with Crippen molar-refractivity contribution in [3.8, 4) is 0 Å². The molecule has 1 atom stereocenters. The quantitative estimate of drug-likeness (QED) is 0.787. The molecule has 0 saturated carbocycles. The van der Waals surface area contributed by atoms with Crippen molar-refractivity contribution in [2.75, 3.05) is 18.5 Å². The lowest BCUT2D eigenvalue weighted by molar-refractivity contribution is 0.0854. The molecule has 5 nitrogen and oxygen atoms in total. The van der Waals surface area contributed by atoms with Crippen molar-refractivity contribution in [1.29, 1.82) is 0 Å². The number of rotatable bonds is 6. The van der Waals surface area contributed by atoms with Crippen molar-refractivity contribution in [2.24, 2.45) is 0 Å². The summed E-state index contributed by atoms with van der Waals surface area (Å²) in [6.45, 7) is 7.73. The van der Waals surface area contributed by atoms with Crippen LogP contribution in [-0.2, 0) is 11.3 Å². The van der Waals surface area contributed by atoms with Gasteiger partial charge in [-0.2, -0.15) is 0 Å². The van der Waals surface area contributed by atoms with E-state index >= 15 is 0 Å². The Kier molecular flexibility index (Phi) is 4.98. The van der Waals surface area contributed by atoms with Gasteiger partial charge in [0.15, 0.2) is 5.82 Å². The lowest BCUT2D eigenvalue weighted by atomic mass is 10.4. The van der Waals surface area contributed by atoms with Crippen molar-refractivity contribution < 1.29 is 4.74 Å². The number of nitrogens with one attached hydrogen (secondary N) is 1. The topological polar surface area (TPSA) is 56.1 Å². The zero-order chi connectivity index (χ0) is 12.0. The fourth-order valence-corrected chi connectivity index (χ4v) is 1.40. The molecule has 5 heteroatoms. The molecule has 0 aliphatic carbocycles. The highest BCUT2D eigenvalue weighted by Gasteiger charge is 2.05. The molecule has 1 N–H and O–H groups in total. The fourth-order valence-electron chi connectivity index (χ4n) is 1.40. The molecular formula is C11H19N3O2. The third-order valence-electron chi connectivity index (χ3n) is 2.26. The van der Waals surface area contributed by atoms with Crippen LogP contribution >= 0.6 is 0 Å². The molecule has 1 rings (SSSR count). The smallest absolute Gasteiger partial charge is 0.293 e. The normalized spacial score (nSPS) is 12.4. The zero-order valence-electron chi connectivity index (χ0n) is 10.1. The first kappa shape index (κ1) is 12.7. The first-order chi connectivity index (χ1) is 7.69. The van der Waals surface area contributed by atoms with Crippen molar-refractivity contribution in [3.05, 3.63) is 22.7 Å². The summed E-state index contributed by atoms with van der Waals surface area (Å²) in [6.07, 6.45) is 3.37. The monoisotopic (exact) mass is 225 g/mol. The van der Waals surface area contributed by atoms with Crippen LogP contribution in [0.15, 0.2) is 17.2 Å². The largest absolute Gasteiger partial charge is 0.377 e. The SMILES string of the molecule is CCOC(C)CNc1nccn(CC)c1=O. The Morgan fingerprint density at radius 1 is 1.56 bits per heavy atom. The van der Waals surface area contributed by atoms with Crippen molar-refractivity contribution in [3.63, 3.8) is 0 Å². The van der Waals surface area contributed by atoms with Crippen LogP contribution in [0.3, 0.4) is 0 Å². The molecule has 1 aromatic heterocycles. The number of ether oxygens (including phenoxy) is 1. The second-order valence-corrected chi connectivity index (χ2v) is 3.51. The van der Waals surface area contributed by atoms with E-state index in [-0.39, 0.29) is 11.7 Å².